The molecule has 2 heterocycles. The van der Waals surface area contributed by atoms with Gasteiger partial charge in [0.1, 0.15) is 5.57 Å². The number of amides is 2. The van der Waals surface area contributed by atoms with Crippen LogP contribution in [0.15, 0.2) is 54.1 Å². The van der Waals surface area contributed by atoms with E-state index in [4.69, 9.17) is 23.8 Å². The average molecular weight is 410 g/mol. The van der Waals surface area contributed by atoms with Gasteiger partial charge in [-0.2, -0.15) is 0 Å². The van der Waals surface area contributed by atoms with E-state index in [0.29, 0.717) is 10.7 Å². The van der Waals surface area contributed by atoms with E-state index in [9.17, 15) is 9.59 Å². The number of nitrogens with one attached hydrogen (secondary N) is 1. The van der Waals surface area contributed by atoms with Crippen molar-refractivity contribution in [2.75, 3.05) is 4.90 Å². The van der Waals surface area contributed by atoms with Crippen LogP contribution in [0.4, 0.5) is 5.69 Å². The summed E-state index contributed by atoms with van der Waals surface area (Å²) in [4.78, 5) is 27.0. The molecule has 7 heteroatoms. The highest BCUT2D eigenvalue weighted by Gasteiger charge is 2.34. The number of benzene rings is 2. The molecule has 0 bridgehead atoms. The minimum atomic E-state index is -0.507. The second kappa shape index (κ2) is 6.89. The fraction of sp³-hybridized carbons (Fsp3) is 0.0952. The van der Waals surface area contributed by atoms with E-state index in [-0.39, 0.29) is 10.7 Å². The third-order valence-electron chi connectivity index (χ3n) is 4.92. The molecule has 140 valence electrons. The largest absolute Gasteiger partial charge is 0.347 e. The van der Waals surface area contributed by atoms with Crippen molar-refractivity contribution in [3.8, 4) is 0 Å². The molecule has 0 unspecified atom stereocenters. The van der Waals surface area contributed by atoms with Crippen molar-refractivity contribution in [1.29, 1.82) is 0 Å². The van der Waals surface area contributed by atoms with Gasteiger partial charge in [0.25, 0.3) is 11.8 Å². The molecule has 0 aliphatic carbocycles. The smallest absolute Gasteiger partial charge is 0.270 e. The SMILES string of the molecule is Cc1c(C=C2C(=O)NC(=S)N(c3ccc(Cl)cc3)C2=O)c2ccccc2n1C. The number of carbonyl (C=O) groups excluding carboxylic acids is 2. The Kier molecular flexibility index (Phi) is 4.53. The Labute approximate surface area is 172 Å². The van der Waals surface area contributed by atoms with Gasteiger partial charge in [-0.15, -0.1) is 0 Å². The molecule has 1 aliphatic rings. The van der Waals surface area contributed by atoms with E-state index >= 15 is 0 Å². The first-order valence-corrected chi connectivity index (χ1v) is 9.38. The zero-order chi connectivity index (χ0) is 20.0. The first kappa shape index (κ1) is 18.4. The number of nitrogens with zero attached hydrogens (tertiary/aromatic N) is 2. The highest BCUT2D eigenvalue weighted by Crippen LogP contribution is 2.29. The third kappa shape index (κ3) is 2.91. The van der Waals surface area contributed by atoms with Gasteiger partial charge < -0.3 is 4.57 Å². The van der Waals surface area contributed by atoms with Gasteiger partial charge in [0.15, 0.2) is 5.11 Å². The van der Waals surface area contributed by atoms with Gasteiger partial charge in [0.05, 0.1) is 5.69 Å². The van der Waals surface area contributed by atoms with Crippen molar-refractivity contribution in [3.63, 3.8) is 0 Å². The first-order chi connectivity index (χ1) is 13.4. The van der Waals surface area contributed by atoms with Gasteiger partial charge in [0.2, 0.25) is 0 Å². The van der Waals surface area contributed by atoms with Gasteiger partial charge in [-0.25, -0.2) is 0 Å². The van der Waals surface area contributed by atoms with Gasteiger partial charge >= 0.3 is 0 Å². The second-order valence-corrected chi connectivity index (χ2v) is 7.33. The summed E-state index contributed by atoms with van der Waals surface area (Å²) in [5.41, 5.74) is 3.39. The van der Waals surface area contributed by atoms with Crippen molar-refractivity contribution in [1.82, 2.24) is 9.88 Å². The number of halogens is 1. The van der Waals surface area contributed by atoms with Crippen LogP contribution in [-0.4, -0.2) is 21.5 Å². The van der Waals surface area contributed by atoms with Crippen molar-refractivity contribution in [3.05, 3.63) is 70.4 Å². The third-order valence-corrected chi connectivity index (χ3v) is 5.46. The van der Waals surface area contributed by atoms with Crippen LogP contribution in [0, 0.1) is 6.92 Å². The van der Waals surface area contributed by atoms with E-state index in [2.05, 4.69) is 5.32 Å². The molecule has 28 heavy (non-hydrogen) atoms. The van der Waals surface area contributed by atoms with Crippen LogP contribution in [0.1, 0.15) is 11.3 Å². The maximum atomic E-state index is 13.2. The van der Waals surface area contributed by atoms with Crippen LogP contribution >= 0.6 is 23.8 Å². The molecule has 2 amide bonds. The van der Waals surface area contributed by atoms with Crippen molar-refractivity contribution >= 4 is 63.4 Å². The maximum absolute atomic E-state index is 13.2. The minimum absolute atomic E-state index is 0.0306. The Morgan fingerprint density at radius 1 is 1.07 bits per heavy atom. The molecular formula is C21H16ClN3O2S. The summed E-state index contributed by atoms with van der Waals surface area (Å²) in [6, 6.07) is 14.6. The predicted octanol–water partition coefficient (Wildman–Crippen LogP) is 3.97. The number of anilines is 1. The molecular weight excluding hydrogens is 394 g/mol. The van der Waals surface area contributed by atoms with E-state index in [1.807, 2.05) is 42.8 Å². The van der Waals surface area contributed by atoms with E-state index in [0.717, 1.165) is 22.2 Å². The number of para-hydroxylation sites is 1. The van der Waals surface area contributed by atoms with E-state index in [1.165, 1.54) is 4.90 Å². The van der Waals surface area contributed by atoms with E-state index < -0.39 is 11.8 Å². The molecule has 1 fully saturated rings. The molecule has 5 nitrogen and oxygen atoms in total. The Balaban J connectivity index is 1.84. The van der Waals surface area contributed by atoms with Gasteiger partial charge in [0, 0.05) is 34.2 Å². The number of hydrogen-bond acceptors (Lipinski definition) is 3. The molecule has 0 spiro atoms. The highest BCUT2D eigenvalue weighted by molar-refractivity contribution is 7.80. The molecule has 0 atom stereocenters. The monoisotopic (exact) mass is 409 g/mol. The summed E-state index contributed by atoms with van der Waals surface area (Å²) in [6.45, 7) is 1.96. The summed E-state index contributed by atoms with van der Waals surface area (Å²) in [5.74, 6) is -0.976. The molecule has 1 aliphatic heterocycles. The highest BCUT2D eigenvalue weighted by atomic mass is 35.5. The molecule has 3 aromatic rings. The molecule has 4 rings (SSSR count). The fourth-order valence-corrected chi connectivity index (χ4v) is 3.77. The lowest BCUT2D eigenvalue weighted by Crippen LogP contribution is -2.54. The number of aromatic nitrogens is 1. The lowest BCUT2D eigenvalue weighted by atomic mass is 10.0. The van der Waals surface area contributed by atoms with Gasteiger partial charge in [-0.1, -0.05) is 29.8 Å². The number of rotatable bonds is 2. The number of carbonyl (C=O) groups is 2. The summed E-state index contributed by atoms with van der Waals surface area (Å²) in [5, 5.41) is 4.17. The van der Waals surface area contributed by atoms with Gasteiger partial charge in [-0.05, 0) is 55.5 Å². The Hall–Kier alpha value is -2.96. The van der Waals surface area contributed by atoms with Crippen LogP contribution in [0.2, 0.25) is 5.02 Å². The lowest BCUT2D eigenvalue weighted by Gasteiger charge is -2.29. The zero-order valence-corrected chi connectivity index (χ0v) is 16.8. The number of thiocarbonyl (C=S) groups is 1. The first-order valence-electron chi connectivity index (χ1n) is 8.59. The summed E-state index contributed by atoms with van der Waals surface area (Å²) in [7, 11) is 1.96. The molecule has 1 saturated heterocycles. The van der Waals surface area contributed by atoms with Crippen molar-refractivity contribution in [2.45, 2.75) is 6.92 Å². The molecule has 0 saturated carbocycles. The van der Waals surface area contributed by atoms with Crippen LogP contribution < -0.4 is 10.2 Å². The second-order valence-electron chi connectivity index (χ2n) is 6.51. The maximum Gasteiger partial charge on any atom is 0.270 e. The molecule has 1 aromatic heterocycles. The summed E-state index contributed by atoms with van der Waals surface area (Å²) in [6.07, 6.45) is 1.64. The molecule has 0 radical (unpaired) electrons. The van der Waals surface area contributed by atoms with Crippen molar-refractivity contribution in [2.24, 2.45) is 7.05 Å². The Bertz CT molecular complexity index is 1180. The quantitative estimate of drug-likeness (QED) is 0.396. The zero-order valence-electron chi connectivity index (χ0n) is 15.2. The van der Waals surface area contributed by atoms with Crippen molar-refractivity contribution < 1.29 is 9.59 Å². The normalized spacial score (nSPS) is 16.2. The average Bonchev–Trinajstić information content (AvgIpc) is 2.91. The topological polar surface area (TPSA) is 54.3 Å². The van der Waals surface area contributed by atoms with Crippen LogP contribution in [0.5, 0.6) is 0 Å². The number of aryl methyl sites for hydroxylation is 1. The summed E-state index contributed by atoms with van der Waals surface area (Å²) >= 11 is 11.2. The fourth-order valence-electron chi connectivity index (χ4n) is 3.36. The van der Waals surface area contributed by atoms with Gasteiger partial charge in [-0.3, -0.25) is 19.8 Å². The molecule has 2 aromatic carbocycles. The van der Waals surface area contributed by atoms with Crippen LogP contribution in [0.3, 0.4) is 0 Å². The predicted molar refractivity (Wildman–Crippen MR) is 115 cm³/mol. The minimum Gasteiger partial charge on any atom is -0.347 e. The lowest BCUT2D eigenvalue weighted by molar-refractivity contribution is -0.122. The standard InChI is InChI=1S/C21H16ClN3O2S/c1-12-16(15-5-3-4-6-18(15)24(12)2)11-17-19(26)23-21(28)25(20(17)27)14-9-7-13(22)8-10-14/h3-11H,1-2H3,(H,23,26,28). The van der Waals surface area contributed by atoms with Crippen LogP contribution in [-0.2, 0) is 16.6 Å². The van der Waals surface area contributed by atoms with Crippen LogP contribution in [0.25, 0.3) is 17.0 Å². The number of fused-ring (bicyclic) bond motifs is 1. The Morgan fingerprint density at radius 3 is 2.46 bits per heavy atom. The Morgan fingerprint density at radius 2 is 1.75 bits per heavy atom. The van der Waals surface area contributed by atoms with E-state index in [1.54, 1.807) is 30.3 Å². The number of hydrogen-bond donors (Lipinski definition) is 1. The summed E-state index contributed by atoms with van der Waals surface area (Å²) < 4.78 is 2.04. The molecule has 1 N–H and O–H groups in total.